The molecule has 0 aromatic rings. The number of hydrogen-bond acceptors (Lipinski definition) is 3. The quantitative estimate of drug-likeness (QED) is 0.396. The van der Waals surface area contributed by atoms with Crippen molar-refractivity contribution in [1.82, 2.24) is 15.1 Å². The highest BCUT2D eigenvalue weighted by atomic mass is 15.2. The van der Waals surface area contributed by atoms with Gasteiger partial charge in [0.1, 0.15) is 0 Å². The molecule has 1 heterocycles. The summed E-state index contributed by atoms with van der Waals surface area (Å²) in [6.07, 6.45) is 1.77. The second-order valence-electron chi connectivity index (χ2n) is 5.10. The average molecular weight is 253 g/mol. The lowest BCUT2D eigenvalue weighted by Gasteiger charge is -2.33. The van der Waals surface area contributed by atoms with Gasteiger partial charge in [0, 0.05) is 45.8 Å². The Morgan fingerprint density at radius 2 is 2.11 bits per heavy atom. The zero-order chi connectivity index (χ0) is 13.4. The predicted molar refractivity (Wildman–Crippen MR) is 77.8 cm³/mol. The maximum absolute atomic E-state index is 5.73. The van der Waals surface area contributed by atoms with Crippen LogP contribution in [0.15, 0.2) is 17.6 Å². The summed E-state index contributed by atoms with van der Waals surface area (Å²) in [6.45, 7) is 13.1. The van der Waals surface area contributed by atoms with E-state index >= 15 is 0 Å². The Morgan fingerprint density at radius 1 is 1.44 bits per heavy atom. The molecule has 1 aliphatic heterocycles. The number of aliphatic imine (C=N–C) groups is 1. The maximum Gasteiger partial charge on any atom is 0.188 e. The lowest BCUT2D eigenvalue weighted by molar-refractivity contribution is 0.140. The maximum atomic E-state index is 5.73. The second-order valence-corrected chi connectivity index (χ2v) is 5.10. The topological polar surface area (TPSA) is 56.9 Å². The van der Waals surface area contributed by atoms with E-state index in [1.54, 1.807) is 6.08 Å². The summed E-state index contributed by atoms with van der Waals surface area (Å²) in [5.74, 6) is 1.05. The third kappa shape index (κ3) is 6.02. The number of rotatable bonds is 6. The minimum atomic E-state index is 0.514. The van der Waals surface area contributed by atoms with Gasteiger partial charge in [-0.3, -0.25) is 4.99 Å². The Balaban J connectivity index is 2.20. The van der Waals surface area contributed by atoms with Gasteiger partial charge >= 0.3 is 0 Å². The van der Waals surface area contributed by atoms with Crippen LogP contribution in [0.4, 0.5) is 0 Å². The van der Waals surface area contributed by atoms with Gasteiger partial charge < -0.3 is 20.9 Å². The van der Waals surface area contributed by atoms with Crippen molar-refractivity contribution >= 4 is 5.96 Å². The van der Waals surface area contributed by atoms with Gasteiger partial charge in [0.15, 0.2) is 5.96 Å². The van der Waals surface area contributed by atoms with Crippen LogP contribution in [0.3, 0.4) is 0 Å². The minimum Gasteiger partial charge on any atom is -0.370 e. The molecule has 0 aliphatic carbocycles. The fraction of sp³-hybridized carbons (Fsp3) is 0.769. The van der Waals surface area contributed by atoms with E-state index in [1.807, 2.05) is 0 Å². The number of nitrogens with two attached hydrogens (primary N) is 1. The van der Waals surface area contributed by atoms with E-state index in [1.165, 1.54) is 13.1 Å². The highest BCUT2D eigenvalue weighted by molar-refractivity contribution is 5.77. The Hall–Kier alpha value is -1.07. The van der Waals surface area contributed by atoms with Crippen LogP contribution in [0.1, 0.15) is 6.92 Å². The first kappa shape index (κ1) is 15.0. The number of piperazine rings is 1. The lowest BCUT2D eigenvalue weighted by atomic mass is 10.1. The molecule has 0 amide bonds. The van der Waals surface area contributed by atoms with Gasteiger partial charge in [0.05, 0.1) is 0 Å². The molecule has 104 valence electrons. The van der Waals surface area contributed by atoms with Gasteiger partial charge in [-0.25, -0.2) is 0 Å². The van der Waals surface area contributed by atoms with Gasteiger partial charge in [-0.15, -0.1) is 6.58 Å². The van der Waals surface area contributed by atoms with Gasteiger partial charge in [0.2, 0.25) is 0 Å². The van der Waals surface area contributed by atoms with Crippen LogP contribution < -0.4 is 11.1 Å². The Kier molecular flexibility index (Phi) is 6.75. The third-order valence-corrected chi connectivity index (χ3v) is 3.17. The molecule has 0 aromatic carbocycles. The molecule has 3 N–H and O–H groups in total. The molecule has 18 heavy (non-hydrogen) atoms. The van der Waals surface area contributed by atoms with Crippen LogP contribution in [0.25, 0.3) is 0 Å². The summed E-state index contributed by atoms with van der Waals surface area (Å²) in [4.78, 5) is 9.22. The molecule has 0 radical (unpaired) electrons. The zero-order valence-electron chi connectivity index (χ0n) is 11.7. The molecule has 1 aliphatic rings. The molecule has 5 nitrogen and oxygen atoms in total. The van der Waals surface area contributed by atoms with Gasteiger partial charge in [-0.2, -0.15) is 0 Å². The summed E-state index contributed by atoms with van der Waals surface area (Å²) in [6, 6.07) is 0. The van der Waals surface area contributed by atoms with Crippen molar-refractivity contribution in [3.8, 4) is 0 Å². The van der Waals surface area contributed by atoms with Crippen molar-refractivity contribution < 1.29 is 0 Å². The molecule has 1 rings (SSSR count). The normalized spacial score (nSPS) is 20.7. The number of nitrogens with one attached hydrogen (secondary N) is 1. The molecule has 1 fully saturated rings. The van der Waals surface area contributed by atoms with Crippen LogP contribution in [0.2, 0.25) is 0 Å². The molecule has 0 bridgehead atoms. The summed E-state index contributed by atoms with van der Waals surface area (Å²) in [5, 5.41) is 2.99. The van der Waals surface area contributed by atoms with Crippen LogP contribution >= 0.6 is 0 Å². The van der Waals surface area contributed by atoms with Crippen molar-refractivity contribution in [3.63, 3.8) is 0 Å². The van der Waals surface area contributed by atoms with E-state index in [4.69, 9.17) is 5.73 Å². The van der Waals surface area contributed by atoms with Crippen molar-refractivity contribution in [2.75, 3.05) is 52.9 Å². The first-order valence-corrected chi connectivity index (χ1v) is 6.67. The highest BCUT2D eigenvalue weighted by Gasteiger charge is 2.15. The summed E-state index contributed by atoms with van der Waals surface area (Å²) < 4.78 is 0. The molecular formula is C13H27N5. The standard InChI is InChI=1S/C13H27N5/c1-4-5-15-13(14)16-10-12(2)11-18-8-6-17(3)7-9-18/h4,12H,1,5-11H2,2-3H3,(H3,14,15,16). The zero-order valence-corrected chi connectivity index (χ0v) is 11.7. The average Bonchev–Trinajstić information content (AvgIpc) is 2.36. The largest absolute Gasteiger partial charge is 0.370 e. The first-order chi connectivity index (χ1) is 8.61. The molecule has 0 saturated carbocycles. The number of likely N-dealkylation sites (N-methyl/N-ethyl adjacent to an activating group) is 1. The van der Waals surface area contributed by atoms with Crippen molar-refractivity contribution in [2.45, 2.75) is 6.92 Å². The molecule has 1 atom stereocenters. The summed E-state index contributed by atoms with van der Waals surface area (Å²) in [7, 11) is 2.18. The number of guanidine groups is 1. The first-order valence-electron chi connectivity index (χ1n) is 6.67. The fourth-order valence-corrected chi connectivity index (χ4v) is 2.02. The minimum absolute atomic E-state index is 0.514. The summed E-state index contributed by atoms with van der Waals surface area (Å²) in [5.41, 5.74) is 5.73. The van der Waals surface area contributed by atoms with E-state index in [0.29, 0.717) is 18.4 Å². The Labute approximate surface area is 111 Å². The van der Waals surface area contributed by atoms with Gasteiger partial charge in [-0.1, -0.05) is 13.0 Å². The highest BCUT2D eigenvalue weighted by Crippen LogP contribution is 2.04. The van der Waals surface area contributed by atoms with Crippen molar-refractivity contribution in [1.29, 1.82) is 0 Å². The Bertz CT molecular complexity index is 269. The smallest absolute Gasteiger partial charge is 0.188 e. The monoisotopic (exact) mass is 253 g/mol. The predicted octanol–water partition coefficient (Wildman–Crippen LogP) is -0.0398. The van der Waals surface area contributed by atoms with Crippen molar-refractivity contribution in [2.24, 2.45) is 16.6 Å². The van der Waals surface area contributed by atoms with Crippen LogP contribution in [-0.4, -0.2) is 68.6 Å². The van der Waals surface area contributed by atoms with Crippen LogP contribution in [0.5, 0.6) is 0 Å². The molecule has 5 heteroatoms. The van der Waals surface area contributed by atoms with E-state index in [2.05, 4.69) is 40.7 Å². The van der Waals surface area contributed by atoms with Gasteiger partial charge in [-0.05, 0) is 13.0 Å². The summed E-state index contributed by atoms with van der Waals surface area (Å²) >= 11 is 0. The second kappa shape index (κ2) is 8.11. The fourth-order valence-electron chi connectivity index (χ4n) is 2.02. The van der Waals surface area contributed by atoms with Crippen molar-refractivity contribution in [3.05, 3.63) is 12.7 Å². The Morgan fingerprint density at radius 3 is 2.72 bits per heavy atom. The molecular weight excluding hydrogens is 226 g/mol. The molecule has 0 spiro atoms. The SMILES string of the molecule is C=CCNC(N)=NCC(C)CN1CCN(C)CC1. The number of nitrogens with zero attached hydrogens (tertiary/aromatic N) is 3. The van der Waals surface area contributed by atoms with E-state index in [9.17, 15) is 0 Å². The number of hydrogen-bond donors (Lipinski definition) is 2. The van der Waals surface area contributed by atoms with Gasteiger partial charge in [0.25, 0.3) is 0 Å². The van der Waals surface area contributed by atoms with E-state index in [0.717, 1.165) is 26.2 Å². The third-order valence-electron chi connectivity index (χ3n) is 3.17. The van der Waals surface area contributed by atoms with E-state index in [-0.39, 0.29) is 0 Å². The van der Waals surface area contributed by atoms with Crippen LogP contribution in [0, 0.1) is 5.92 Å². The lowest BCUT2D eigenvalue weighted by Crippen LogP contribution is -2.46. The molecule has 1 unspecified atom stereocenters. The van der Waals surface area contributed by atoms with E-state index < -0.39 is 0 Å². The molecule has 1 saturated heterocycles. The van der Waals surface area contributed by atoms with Crippen LogP contribution in [-0.2, 0) is 0 Å². The molecule has 0 aromatic heterocycles.